The molecule has 8 atom stereocenters. The third-order valence-corrected chi connectivity index (χ3v) is 12.0. The number of piperazine rings is 1. The minimum Gasteiger partial charge on any atom is -0.465 e. The molecule has 3 saturated heterocycles. The lowest BCUT2D eigenvalue weighted by atomic mass is 9.73. The van der Waals surface area contributed by atoms with Crippen LogP contribution in [0.2, 0.25) is 0 Å². The van der Waals surface area contributed by atoms with Crippen molar-refractivity contribution in [3.8, 4) is 0 Å². The highest BCUT2D eigenvalue weighted by Crippen LogP contribution is 2.41. The third-order valence-electron chi connectivity index (χ3n) is 10.0. The normalized spacial score (nSPS) is 33.1. The van der Waals surface area contributed by atoms with Gasteiger partial charge in [-0.25, -0.2) is 17.6 Å². The van der Waals surface area contributed by atoms with E-state index in [1.807, 2.05) is 13.8 Å². The summed E-state index contributed by atoms with van der Waals surface area (Å²) in [7, 11) is -3.27. The van der Waals surface area contributed by atoms with Crippen LogP contribution in [-0.4, -0.2) is 85.0 Å². The number of hydrogen-bond acceptors (Lipinski definition) is 6. The van der Waals surface area contributed by atoms with Crippen LogP contribution in [0.5, 0.6) is 0 Å². The summed E-state index contributed by atoms with van der Waals surface area (Å²) in [4.78, 5) is 26.0. The summed E-state index contributed by atoms with van der Waals surface area (Å²) in [6, 6.07) is 4.90. The van der Waals surface area contributed by atoms with Gasteiger partial charge in [0.1, 0.15) is 11.9 Å². The molecule has 3 aliphatic heterocycles. The van der Waals surface area contributed by atoms with Crippen LogP contribution in [0.3, 0.4) is 0 Å². The molecule has 3 heterocycles. The second kappa shape index (κ2) is 13.4. The number of benzene rings is 1. The molecule has 5 rings (SSSR count). The molecule has 1 aliphatic carbocycles. The van der Waals surface area contributed by atoms with Crippen molar-refractivity contribution in [3.05, 3.63) is 35.6 Å². The molecule has 1 aromatic rings. The molecule has 4 aliphatic rings. The number of rotatable bonds is 9. The molecule has 2 amide bonds. The predicted octanol–water partition coefficient (Wildman–Crippen LogP) is 3.58. The number of halogens is 1. The van der Waals surface area contributed by atoms with Crippen molar-refractivity contribution in [3.63, 3.8) is 0 Å². The summed E-state index contributed by atoms with van der Waals surface area (Å²) in [6.45, 7) is 5.63. The molecular weight excluding hydrogens is 575 g/mol. The summed E-state index contributed by atoms with van der Waals surface area (Å²) in [6.07, 6.45) is 5.67. The van der Waals surface area contributed by atoms with E-state index in [0.717, 1.165) is 32.1 Å². The first-order valence-corrected chi connectivity index (χ1v) is 17.4. The van der Waals surface area contributed by atoms with E-state index in [9.17, 15) is 27.5 Å². The minimum absolute atomic E-state index is 0.0608. The van der Waals surface area contributed by atoms with Gasteiger partial charge in [0, 0.05) is 43.7 Å². The molecule has 0 aromatic heterocycles. The average molecular weight is 623 g/mol. The van der Waals surface area contributed by atoms with E-state index in [2.05, 4.69) is 16.0 Å². The molecule has 0 spiro atoms. The predicted molar refractivity (Wildman–Crippen MR) is 161 cm³/mol. The fraction of sp³-hybridized carbons (Fsp3) is 0.742. The van der Waals surface area contributed by atoms with Crippen LogP contribution in [0.1, 0.15) is 83.1 Å². The van der Waals surface area contributed by atoms with Crippen molar-refractivity contribution in [1.29, 1.82) is 0 Å². The number of amides is 2. The van der Waals surface area contributed by atoms with E-state index < -0.39 is 39.5 Å². The molecule has 2 unspecified atom stereocenters. The number of nitrogens with one attached hydrogen (secondary N) is 3. The van der Waals surface area contributed by atoms with Crippen LogP contribution in [0.15, 0.2) is 24.3 Å². The first-order chi connectivity index (χ1) is 20.4. The summed E-state index contributed by atoms with van der Waals surface area (Å²) in [5.74, 6) is -0.972. The van der Waals surface area contributed by atoms with Gasteiger partial charge in [-0.05, 0) is 94.7 Å². The monoisotopic (exact) mass is 622 g/mol. The highest BCUT2D eigenvalue weighted by atomic mass is 32.2. The van der Waals surface area contributed by atoms with Crippen molar-refractivity contribution in [2.75, 3.05) is 25.4 Å². The standard InChI is InChI=1S/C31H47FN4O6S/c1-31(2)17-22(14-15-42-31)27(21-8-11-23(32)12-9-21)28(35-30(38)39)29(37)34-26-7-3-5-20(26)10-13-25-18-33-24-6-4-16-43(40,41)36(25)19-24/h8-9,11-12,20,22,24-28,33,35H,3-7,10,13-19H2,1-2H3,(H,34,37)(H,38,39)/t20-,22?,24-,25+,26+,27+,28+/m1/s1. The Kier molecular flexibility index (Phi) is 9.99. The van der Waals surface area contributed by atoms with Gasteiger partial charge in [-0.15, -0.1) is 0 Å². The zero-order valence-electron chi connectivity index (χ0n) is 25.3. The quantitative estimate of drug-likeness (QED) is 0.331. The average Bonchev–Trinajstić information content (AvgIpc) is 3.34. The van der Waals surface area contributed by atoms with Gasteiger partial charge < -0.3 is 25.8 Å². The van der Waals surface area contributed by atoms with E-state index in [0.29, 0.717) is 50.9 Å². The maximum atomic E-state index is 14.0. The van der Waals surface area contributed by atoms with Crippen LogP contribution in [0, 0.1) is 17.7 Å². The second-order valence-corrected chi connectivity index (χ2v) is 15.6. The Bertz CT molecular complexity index is 1250. The van der Waals surface area contributed by atoms with Gasteiger partial charge in [0.05, 0.1) is 11.4 Å². The van der Waals surface area contributed by atoms with Crippen molar-refractivity contribution < 1.29 is 32.2 Å². The Labute approximate surface area is 254 Å². The van der Waals surface area contributed by atoms with Gasteiger partial charge in [-0.2, -0.15) is 4.31 Å². The third kappa shape index (κ3) is 7.87. The van der Waals surface area contributed by atoms with Crippen molar-refractivity contribution in [2.24, 2.45) is 11.8 Å². The number of hydrogen-bond donors (Lipinski definition) is 4. The highest BCUT2D eigenvalue weighted by Gasteiger charge is 2.43. The van der Waals surface area contributed by atoms with Crippen molar-refractivity contribution in [2.45, 2.75) is 107 Å². The lowest BCUT2D eigenvalue weighted by molar-refractivity contribution is -0.126. The Hall–Kier alpha value is -2.28. The van der Waals surface area contributed by atoms with Gasteiger partial charge in [0.25, 0.3) is 0 Å². The van der Waals surface area contributed by atoms with E-state index in [-0.39, 0.29) is 41.6 Å². The number of carbonyl (C=O) groups excluding carboxylic acids is 1. The number of fused-ring (bicyclic) bond motifs is 2. The number of carboxylic acid groups (broad SMARTS) is 1. The molecular formula is C31H47FN4O6S. The van der Waals surface area contributed by atoms with Gasteiger partial charge in [0.15, 0.2) is 0 Å². The summed E-state index contributed by atoms with van der Waals surface area (Å²) >= 11 is 0. The van der Waals surface area contributed by atoms with E-state index in [1.54, 1.807) is 16.4 Å². The van der Waals surface area contributed by atoms with E-state index in [1.165, 1.54) is 12.1 Å². The molecule has 4 fully saturated rings. The molecule has 1 aromatic carbocycles. The van der Waals surface area contributed by atoms with Crippen LogP contribution in [0.4, 0.5) is 9.18 Å². The molecule has 2 bridgehead atoms. The van der Waals surface area contributed by atoms with Gasteiger partial charge in [-0.3, -0.25) is 4.79 Å². The van der Waals surface area contributed by atoms with Crippen LogP contribution < -0.4 is 16.0 Å². The zero-order valence-corrected chi connectivity index (χ0v) is 26.1. The fourth-order valence-electron chi connectivity index (χ4n) is 7.95. The van der Waals surface area contributed by atoms with Crippen molar-refractivity contribution >= 4 is 22.0 Å². The Morgan fingerprint density at radius 2 is 1.91 bits per heavy atom. The maximum absolute atomic E-state index is 14.0. The van der Waals surface area contributed by atoms with Gasteiger partial charge in [0.2, 0.25) is 15.9 Å². The first-order valence-electron chi connectivity index (χ1n) is 15.8. The number of carbonyl (C=O) groups is 2. The topological polar surface area (TPSA) is 137 Å². The molecule has 12 heteroatoms. The molecule has 43 heavy (non-hydrogen) atoms. The maximum Gasteiger partial charge on any atom is 0.405 e. The lowest BCUT2D eigenvalue weighted by Crippen LogP contribution is -2.57. The largest absolute Gasteiger partial charge is 0.465 e. The summed E-state index contributed by atoms with van der Waals surface area (Å²) < 4.78 is 47.4. The molecule has 10 nitrogen and oxygen atoms in total. The SMILES string of the molecule is CC1(C)CC([C@H](c2ccc(F)cc2)[C@H](NC(=O)O)C(=O)N[C@H]2CCC[C@@H]2CC[C@H]2CN[C@@H]3CCCS(=O)(=O)N2C3)CCO1. The first kappa shape index (κ1) is 32.1. The molecule has 1 saturated carbocycles. The zero-order chi connectivity index (χ0) is 30.8. The summed E-state index contributed by atoms with van der Waals surface area (Å²) in [5.41, 5.74) is 0.277. The Morgan fingerprint density at radius 3 is 2.63 bits per heavy atom. The number of sulfonamides is 1. The van der Waals surface area contributed by atoms with E-state index >= 15 is 0 Å². The fourth-order valence-corrected chi connectivity index (χ4v) is 9.76. The molecule has 4 N–H and O–H groups in total. The van der Waals surface area contributed by atoms with Gasteiger partial charge in [-0.1, -0.05) is 18.6 Å². The van der Waals surface area contributed by atoms with E-state index in [4.69, 9.17) is 4.74 Å². The molecule has 0 radical (unpaired) electrons. The Morgan fingerprint density at radius 1 is 1.14 bits per heavy atom. The highest BCUT2D eigenvalue weighted by molar-refractivity contribution is 7.89. The Balaban J connectivity index is 1.31. The summed E-state index contributed by atoms with van der Waals surface area (Å²) in [5, 5.41) is 19.1. The lowest BCUT2D eigenvalue weighted by Gasteiger charge is -2.42. The number of nitrogens with zero attached hydrogens (tertiary/aromatic N) is 1. The van der Waals surface area contributed by atoms with Crippen LogP contribution >= 0.6 is 0 Å². The smallest absolute Gasteiger partial charge is 0.405 e. The minimum atomic E-state index is -3.27. The van der Waals surface area contributed by atoms with Crippen LogP contribution in [0.25, 0.3) is 0 Å². The van der Waals surface area contributed by atoms with Crippen molar-refractivity contribution in [1.82, 2.24) is 20.3 Å². The number of ether oxygens (including phenoxy) is 1. The molecule has 240 valence electrons. The van der Waals surface area contributed by atoms with Gasteiger partial charge >= 0.3 is 6.09 Å². The second-order valence-electron chi connectivity index (χ2n) is 13.5. The van der Waals surface area contributed by atoms with Crippen LogP contribution in [-0.2, 0) is 19.6 Å².